The van der Waals surface area contributed by atoms with Gasteiger partial charge in [0.15, 0.2) is 0 Å². The summed E-state index contributed by atoms with van der Waals surface area (Å²) in [5.74, 6) is -0.418. The number of halogens is 2. The summed E-state index contributed by atoms with van der Waals surface area (Å²) in [6, 6.07) is 2.69. The highest BCUT2D eigenvalue weighted by Gasteiger charge is 2.17. The quantitative estimate of drug-likeness (QED) is 0.871. The Kier molecular flexibility index (Phi) is 4.76. The summed E-state index contributed by atoms with van der Waals surface area (Å²) in [6.45, 7) is 0. The van der Waals surface area contributed by atoms with Crippen LogP contribution in [-0.2, 0) is 11.2 Å². The largest absolute Gasteiger partial charge is 0.495 e. The van der Waals surface area contributed by atoms with Gasteiger partial charge >= 0.3 is 5.97 Å². The summed E-state index contributed by atoms with van der Waals surface area (Å²) < 4.78 is 6.80. The van der Waals surface area contributed by atoms with Crippen molar-refractivity contribution in [2.75, 3.05) is 7.11 Å². The number of hydrogen-bond donors (Lipinski definition) is 2. The second-order valence-electron chi connectivity index (χ2n) is 3.23. The lowest BCUT2D eigenvalue weighted by molar-refractivity contribution is -0.138. The molecule has 1 aromatic rings. The molecule has 0 aromatic heterocycles. The summed E-state index contributed by atoms with van der Waals surface area (Å²) in [5, 5.41) is 8.76. The van der Waals surface area contributed by atoms with E-state index in [0.29, 0.717) is 5.75 Å². The summed E-state index contributed by atoms with van der Waals surface area (Å²) in [5.41, 5.74) is 6.24. The van der Waals surface area contributed by atoms with Crippen molar-refractivity contribution in [2.24, 2.45) is 5.73 Å². The van der Waals surface area contributed by atoms with Crippen LogP contribution < -0.4 is 10.5 Å². The number of hydrogen-bond acceptors (Lipinski definition) is 3. The molecular formula is C10H11Br2NO3. The van der Waals surface area contributed by atoms with E-state index < -0.39 is 12.0 Å². The van der Waals surface area contributed by atoms with Crippen LogP contribution in [0.25, 0.3) is 0 Å². The highest BCUT2D eigenvalue weighted by atomic mass is 79.9. The molecule has 6 heteroatoms. The van der Waals surface area contributed by atoms with Crippen LogP contribution in [0, 0.1) is 0 Å². The lowest BCUT2D eigenvalue weighted by Gasteiger charge is -2.13. The van der Waals surface area contributed by atoms with Crippen molar-refractivity contribution in [2.45, 2.75) is 12.5 Å². The fraction of sp³-hybridized carbons (Fsp3) is 0.300. The Labute approximate surface area is 110 Å². The van der Waals surface area contributed by atoms with E-state index in [-0.39, 0.29) is 6.42 Å². The molecule has 88 valence electrons. The SMILES string of the molecule is COc1c(Br)cc(Br)cc1CC(N)C(=O)O. The molecule has 0 fully saturated rings. The van der Waals surface area contributed by atoms with Gasteiger partial charge < -0.3 is 15.6 Å². The Balaban J connectivity index is 3.07. The Morgan fingerprint density at radius 2 is 2.19 bits per heavy atom. The third-order valence-corrected chi connectivity index (χ3v) is 3.09. The van der Waals surface area contributed by atoms with E-state index in [1.807, 2.05) is 6.07 Å². The van der Waals surface area contributed by atoms with Gasteiger partial charge in [-0.05, 0) is 33.6 Å². The number of rotatable bonds is 4. The van der Waals surface area contributed by atoms with Crippen LogP contribution in [0.1, 0.15) is 5.56 Å². The van der Waals surface area contributed by atoms with Crippen LogP contribution in [-0.4, -0.2) is 24.2 Å². The van der Waals surface area contributed by atoms with E-state index in [0.717, 1.165) is 14.5 Å². The van der Waals surface area contributed by atoms with Gasteiger partial charge in [-0.15, -0.1) is 0 Å². The molecule has 0 amide bonds. The lowest BCUT2D eigenvalue weighted by Crippen LogP contribution is -2.32. The Bertz CT molecular complexity index is 409. The maximum absolute atomic E-state index is 10.7. The Morgan fingerprint density at radius 3 is 2.69 bits per heavy atom. The summed E-state index contributed by atoms with van der Waals surface area (Å²) in [6.07, 6.45) is 0.219. The smallest absolute Gasteiger partial charge is 0.320 e. The van der Waals surface area contributed by atoms with Crippen molar-refractivity contribution in [1.82, 2.24) is 0 Å². The van der Waals surface area contributed by atoms with Crippen molar-refractivity contribution < 1.29 is 14.6 Å². The van der Waals surface area contributed by atoms with Crippen molar-refractivity contribution in [3.8, 4) is 5.75 Å². The molecule has 1 atom stereocenters. The van der Waals surface area contributed by atoms with Gasteiger partial charge in [-0.1, -0.05) is 15.9 Å². The molecule has 1 unspecified atom stereocenters. The van der Waals surface area contributed by atoms with Gasteiger partial charge in [-0.25, -0.2) is 0 Å². The number of nitrogens with two attached hydrogens (primary N) is 1. The van der Waals surface area contributed by atoms with Crippen molar-refractivity contribution in [3.63, 3.8) is 0 Å². The number of methoxy groups -OCH3 is 1. The van der Waals surface area contributed by atoms with Crippen LogP contribution in [0.3, 0.4) is 0 Å². The predicted molar refractivity (Wildman–Crippen MR) is 67.7 cm³/mol. The minimum absolute atomic E-state index is 0.219. The molecule has 1 rings (SSSR count). The number of ether oxygens (including phenoxy) is 1. The van der Waals surface area contributed by atoms with Crippen molar-refractivity contribution in [1.29, 1.82) is 0 Å². The molecule has 3 N–H and O–H groups in total. The monoisotopic (exact) mass is 351 g/mol. The molecule has 0 heterocycles. The normalized spacial score (nSPS) is 12.2. The highest BCUT2D eigenvalue weighted by Crippen LogP contribution is 2.33. The van der Waals surface area contributed by atoms with E-state index >= 15 is 0 Å². The zero-order valence-corrected chi connectivity index (χ0v) is 11.7. The number of carboxylic acids is 1. The van der Waals surface area contributed by atoms with Crippen LogP contribution in [0.2, 0.25) is 0 Å². The molecule has 0 aliphatic rings. The fourth-order valence-corrected chi connectivity index (χ4v) is 2.79. The number of aliphatic carboxylic acids is 1. The highest BCUT2D eigenvalue weighted by molar-refractivity contribution is 9.11. The minimum Gasteiger partial charge on any atom is -0.495 e. The molecular weight excluding hydrogens is 342 g/mol. The molecule has 1 aromatic carbocycles. The molecule has 4 nitrogen and oxygen atoms in total. The topological polar surface area (TPSA) is 72.5 Å². The molecule has 0 radical (unpaired) electrons. The Morgan fingerprint density at radius 1 is 1.56 bits per heavy atom. The molecule has 0 spiro atoms. The van der Waals surface area contributed by atoms with Gasteiger partial charge in [0, 0.05) is 10.9 Å². The van der Waals surface area contributed by atoms with Gasteiger partial charge in [0.2, 0.25) is 0 Å². The number of benzene rings is 1. The first-order valence-corrected chi connectivity index (χ1v) is 6.04. The minimum atomic E-state index is -1.03. The van der Waals surface area contributed by atoms with Gasteiger partial charge in [0.25, 0.3) is 0 Å². The van der Waals surface area contributed by atoms with Crippen molar-refractivity contribution >= 4 is 37.8 Å². The van der Waals surface area contributed by atoms with E-state index in [1.165, 1.54) is 7.11 Å². The van der Waals surface area contributed by atoms with Crippen molar-refractivity contribution in [3.05, 3.63) is 26.6 Å². The zero-order valence-electron chi connectivity index (χ0n) is 8.54. The second kappa shape index (κ2) is 5.65. The first kappa shape index (κ1) is 13.5. The van der Waals surface area contributed by atoms with E-state index in [1.54, 1.807) is 6.07 Å². The average molecular weight is 353 g/mol. The molecule has 0 bridgehead atoms. The van der Waals surface area contributed by atoms with Gasteiger partial charge in [0.1, 0.15) is 11.8 Å². The first-order valence-electron chi connectivity index (χ1n) is 4.46. The maximum atomic E-state index is 10.7. The average Bonchev–Trinajstić information content (AvgIpc) is 2.16. The Hall–Kier alpha value is -0.590. The zero-order chi connectivity index (χ0) is 12.3. The third-order valence-electron chi connectivity index (χ3n) is 2.05. The third kappa shape index (κ3) is 3.20. The first-order chi connectivity index (χ1) is 7.45. The van der Waals surface area contributed by atoms with Crippen LogP contribution in [0.5, 0.6) is 5.75 Å². The predicted octanol–water partition coefficient (Wildman–Crippen LogP) is 2.17. The molecule has 16 heavy (non-hydrogen) atoms. The van der Waals surface area contributed by atoms with Gasteiger partial charge in [-0.2, -0.15) is 0 Å². The molecule has 0 saturated carbocycles. The van der Waals surface area contributed by atoms with E-state index in [4.69, 9.17) is 15.6 Å². The van der Waals surface area contributed by atoms with Crippen LogP contribution in [0.15, 0.2) is 21.1 Å². The summed E-state index contributed by atoms with van der Waals surface area (Å²) in [4.78, 5) is 10.7. The maximum Gasteiger partial charge on any atom is 0.320 e. The molecule has 0 aliphatic heterocycles. The van der Waals surface area contributed by atoms with E-state index in [2.05, 4.69) is 31.9 Å². The second-order valence-corrected chi connectivity index (χ2v) is 5.00. The standard InChI is InChI=1S/C10H11Br2NO3/c1-16-9-5(3-8(13)10(14)15)2-6(11)4-7(9)12/h2,4,8H,3,13H2,1H3,(H,14,15). The van der Waals surface area contributed by atoms with E-state index in [9.17, 15) is 4.79 Å². The summed E-state index contributed by atoms with van der Waals surface area (Å²) >= 11 is 6.67. The fourth-order valence-electron chi connectivity index (χ4n) is 1.32. The van der Waals surface area contributed by atoms with Crippen LogP contribution >= 0.6 is 31.9 Å². The number of carboxylic acid groups (broad SMARTS) is 1. The molecule has 0 saturated heterocycles. The van der Waals surface area contributed by atoms with Gasteiger partial charge in [0.05, 0.1) is 11.6 Å². The lowest BCUT2D eigenvalue weighted by atomic mass is 10.1. The summed E-state index contributed by atoms with van der Waals surface area (Å²) in [7, 11) is 1.53. The number of carbonyl (C=O) groups is 1. The molecule has 0 aliphatic carbocycles. The van der Waals surface area contributed by atoms with Gasteiger partial charge in [-0.3, -0.25) is 4.79 Å². The van der Waals surface area contributed by atoms with Crippen LogP contribution in [0.4, 0.5) is 0 Å².